The Hall–Kier alpha value is -1.67. The lowest BCUT2D eigenvalue weighted by Gasteiger charge is -2.04. The van der Waals surface area contributed by atoms with Crippen LogP contribution in [-0.4, -0.2) is 29.7 Å². The van der Waals surface area contributed by atoms with E-state index in [-0.39, 0.29) is 6.01 Å². The molecule has 0 fully saturated rings. The van der Waals surface area contributed by atoms with Crippen molar-refractivity contribution in [3.8, 4) is 12.1 Å². The van der Waals surface area contributed by atoms with E-state index >= 15 is 0 Å². The first-order valence-corrected chi connectivity index (χ1v) is 4.93. The minimum Gasteiger partial charge on any atom is -0.462 e. The summed E-state index contributed by atoms with van der Waals surface area (Å²) in [5, 5.41) is 11.8. The Morgan fingerprint density at radius 3 is 3.13 bits per heavy atom. The maximum Gasteiger partial charge on any atom is 0.317 e. The largest absolute Gasteiger partial charge is 0.462 e. The van der Waals surface area contributed by atoms with Crippen molar-refractivity contribution in [3.63, 3.8) is 0 Å². The summed E-state index contributed by atoms with van der Waals surface area (Å²) in [6.45, 7) is 4.35. The van der Waals surface area contributed by atoms with Crippen molar-refractivity contribution >= 4 is 0 Å². The van der Waals surface area contributed by atoms with Crippen molar-refractivity contribution in [2.24, 2.45) is 0 Å². The third-order valence-electron chi connectivity index (χ3n) is 1.68. The molecule has 0 radical (unpaired) electrons. The molecular weight excluding hydrogens is 192 g/mol. The second-order valence-corrected chi connectivity index (χ2v) is 2.93. The summed E-state index contributed by atoms with van der Waals surface area (Å²) >= 11 is 0. The molecule has 0 unspecified atom stereocenters. The fourth-order valence-corrected chi connectivity index (χ4v) is 0.989. The molecule has 1 rings (SSSR count). The van der Waals surface area contributed by atoms with Gasteiger partial charge in [-0.05, 0) is 19.0 Å². The van der Waals surface area contributed by atoms with E-state index in [0.29, 0.717) is 12.3 Å². The van der Waals surface area contributed by atoms with E-state index in [1.165, 1.54) is 6.20 Å². The number of aromatic nitrogens is 2. The second-order valence-electron chi connectivity index (χ2n) is 2.93. The highest BCUT2D eigenvalue weighted by molar-refractivity contribution is 5.19. The molecule has 1 N–H and O–H groups in total. The van der Waals surface area contributed by atoms with Crippen molar-refractivity contribution in [1.82, 2.24) is 15.3 Å². The zero-order valence-electron chi connectivity index (χ0n) is 8.73. The van der Waals surface area contributed by atoms with Gasteiger partial charge in [0.05, 0.1) is 0 Å². The third kappa shape index (κ3) is 4.38. The Morgan fingerprint density at radius 1 is 1.53 bits per heavy atom. The number of hydrogen-bond donors (Lipinski definition) is 1. The Kier molecular flexibility index (Phi) is 5.12. The van der Waals surface area contributed by atoms with Crippen molar-refractivity contribution in [1.29, 1.82) is 5.26 Å². The van der Waals surface area contributed by atoms with Gasteiger partial charge in [-0.25, -0.2) is 4.98 Å². The van der Waals surface area contributed by atoms with E-state index in [1.807, 2.05) is 6.07 Å². The van der Waals surface area contributed by atoms with E-state index < -0.39 is 0 Å². The van der Waals surface area contributed by atoms with Gasteiger partial charge in [-0.3, -0.25) is 0 Å². The van der Waals surface area contributed by atoms with Gasteiger partial charge in [0.25, 0.3) is 0 Å². The van der Waals surface area contributed by atoms with Crippen molar-refractivity contribution in [2.45, 2.75) is 13.3 Å². The van der Waals surface area contributed by atoms with Gasteiger partial charge < -0.3 is 10.1 Å². The van der Waals surface area contributed by atoms with Crippen molar-refractivity contribution in [3.05, 3.63) is 18.0 Å². The molecule has 0 amide bonds. The van der Waals surface area contributed by atoms with Crippen LogP contribution in [0.4, 0.5) is 0 Å². The normalized spacial score (nSPS) is 9.60. The zero-order chi connectivity index (χ0) is 10.9. The van der Waals surface area contributed by atoms with Crippen LogP contribution >= 0.6 is 0 Å². The highest BCUT2D eigenvalue weighted by Crippen LogP contribution is 2.00. The summed E-state index contributed by atoms with van der Waals surface area (Å²) in [6.07, 6.45) is 2.61. The molecule has 0 aliphatic carbocycles. The smallest absolute Gasteiger partial charge is 0.317 e. The number of nitriles is 1. The van der Waals surface area contributed by atoms with Crippen LogP contribution in [0.5, 0.6) is 6.01 Å². The van der Waals surface area contributed by atoms with Gasteiger partial charge in [0, 0.05) is 12.7 Å². The van der Waals surface area contributed by atoms with Crippen LogP contribution in [0.15, 0.2) is 12.3 Å². The summed E-state index contributed by atoms with van der Waals surface area (Å²) in [5.74, 6) is 0. The highest BCUT2D eigenvalue weighted by atomic mass is 16.5. The SMILES string of the molecule is CCCNCCOc1nccc(C#N)n1. The van der Waals surface area contributed by atoms with E-state index in [0.717, 1.165) is 19.5 Å². The first-order chi connectivity index (χ1) is 7.36. The van der Waals surface area contributed by atoms with E-state index in [1.54, 1.807) is 6.07 Å². The molecule has 80 valence electrons. The predicted octanol–water partition coefficient (Wildman–Crippen LogP) is 0.727. The molecule has 5 heteroatoms. The maximum atomic E-state index is 8.60. The fraction of sp³-hybridized carbons (Fsp3) is 0.500. The molecule has 0 aliphatic rings. The molecule has 0 bridgehead atoms. The van der Waals surface area contributed by atoms with Crippen LogP contribution in [0.1, 0.15) is 19.0 Å². The topological polar surface area (TPSA) is 70.8 Å². The first-order valence-electron chi connectivity index (χ1n) is 4.93. The molecule has 1 heterocycles. The van der Waals surface area contributed by atoms with Gasteiger partial charge >= 0.3 is 6.01 Å². The molecule has 0 atom stereocenters. The van der Waals surface area contributed by atoms with Crippen molar-refractivity contribution in [2.75, 3.05) is 19.7 Å². The quantitative estimate of drug-likeness (QED) is 0.695. The van der Waals surface area contributed by atoms with Crippen LogP contribution in [0.3, 0.4) is 0 Å². The lowest BCUT2D eigenvalue weighted by atomic mass is 10.4. The Labute approximate surface area is 89.1 Å². The minimum atomic E-state index is 0.257. The Balaban J connectivity index is 2.28. The Morgan fingerprint density at radius 2 is 2.40 bits per heavy atom. The number of ether oxygens (including phenoxy) is 1. The molecule has 0 saturated heterocycles. The van der Waals surface area contributed by atoms with Crippen LogP contribution in [0, 0.1) is 11.3 Å². The average molecular weight is 206 g/mol. The molecule has 5 nitrogen and oxygen atoms in total. The predicted molar refractivity (Wildman–Crippen MR) is 55.4 cm³/mol. The molecule has 0 aromatic carbocycles. The second kappa shape index (κ2) is 6.74. The third-order valence-corrected chi connectivity index (χ3v) is 1.68. The molecule has 0 saturated carbocycles. The maximum absolute atomic E-state index is 8.60. The Bertz CT molecular complexity index is 334. The molecule has 0 aliphatic heterocycles. The molecular formula is C10H14N4O. The lowest BCUT2D eigenvalue weighted by molar-refractivity contribution is 0.290. The summed E-state index contributed by atoms with van der Waals surface area (Å²) in [6, 6.07) is 3.73. The van der Waals surface area contributed by atoms with Gasteiger partial charge in [0.2, 0.25) is 0 Å². The van der Waals surface area contributed by atoms with E-state index in [9.17, 15) is 0 Å². The van der Waals surface area contributed by atoms with Gasteiger partial charge in [-0.15, -0.1) is 0 Å². The monoisotopic (exact) mass is 206 g/mol. The van der Waals surface area contributed by atoms with Crippen LogP contribution in [-0.2, 0) is 0 Å². The van der Waals surface area contributed by atoms with Crippen LogP contribution in [0.25, 0.3) is 0 Å². The lowest BCUT2D eigenvalue weighted by Crippen LogP contribution is -2.22. The highest BCUT2D eigenvalue weighted by Gasteiger charge is 1.98. The van der Waals surface area contributed by atoms with E-state index in [2.05, 4.69) is 22.2 Å². The molecule has 0 spiro atoms. The summed E-state index contributed by atoms with van der Waals surface area (Å²) in [4.78, 5) is 7.78. The average Bonchev–Trinajstić information content (AvgIpc) is 2.29. The number of hydrogen-bond acceptors (Lipinski definition) is 5. The van der Waals surface area contributed by atoms with E-state index in [4.69, 9.17) is 10.00 Å². The van der Waals surface area contributed by atoms with Gasteiger partial charge in [0.1, 0.15) is 18.4 Å². The summed E-state index contributed by atoms with van der Waals surface area (Å²) < 4.78 is 5.26. The number of nitrogens with one attached hydrogen (secondary N) is 1. The standard InChI is InChI=1S/C10H14N4O/c1-2-4-12-6-7-15-10-13-5-3-9(8-11)14-10/h3,5,12H,2,4,6-7H2,1H3. The summed E-state index contributed by atoms with van der Waals surface area (Å²) in [7, 11) is 0. The van der Waals surface area contributed by atoms with Crippen LogP contribution < -0.4 is 10.1 Å². The first kappa shape index (κ1) is 11.4. The molecule has 15 heavy (non-hydrogen) atoms. The van der Waals surface area contributed by atoms with Gasteiger partial charge in [0.15, 0.2) is 0 Å². The fourth-order valence-electron chi connectivity index (χ4n) is 0.989. The van der Waals surface area contributed by atoms with Crippen LogP contribution in [0.2, 0.25) is 0 Å². The summed E-state index contributed by atoms with van der Waals surface area (Å²) in [5.41, 5.74) is 0.321. The van der Waals surface area contributed by atoms with Crippen molar-refractivity contribution < 1.29 is 4.74 Å². The van der Waals surface area contributed by atoms with Gasteiger partial charge in [-0.1, -0.05) is 6.92 Å². The number of rotatable bonds is 6. The number of nitrogens with zero attached hydrogens (tertiary/aromatic N) is 3. The zero-order valence-corrected chi connectivity index (χ0v) is 8.73. The molecule has 1 aromatic rings. The van der Waals surface area contributed by atoms with Gasteiger partial charge in [-0.2, -0.15) is 10.2 Å². The molecule has 1 aromatic heterocycles. The minimum absolute atomic E-state index is 0.257.